The zero-order valence-corrected chi connectivity index (χ0v) is 7.55. The van der Waals surface area contributed by atoms with E-state index >= 15 is 0 Å². The molecule has 1 aromatic heterocycles. The van der Waals surface area contributed by atoms with Crippen molar-refractivity contribution in [2.75, 3.05) is 11.6 Å². The molecule has 12 heavy (non-hydrogen) atoms. The second kappa shape index (κ2) is 3.48. The number of anilines is 1. The minimum absolute atomic E-state index is 0.525. The van der Waals surface area contributed by atoms with Gasteiger partial charge in [0, 0.05) is 7.05 Å². The van der Waals surface area contributed by atoms with Crippen molar-refractivity contribution in [1.29, 1.82) is 0 Å². The van der Waals surface area contributed by atoms with Crippen molar-refractivity contribution in [1.82, 2.24) is 9.78 Å². The lowest BCUT2D eigenvalue weighted by Crippen LogP contribution is -2.07. The van der Waals surface area contributed by atoms with Crippen molar-refractivity contribution < 1.29 is 9.90 Å². The summed E-state index contributed by atoms with van der Waals surface area (Å²) < 4.78 is 1.62. The molecule has 0 bridgehead atoms. The molecule has 2 N–H and O–H groups in total. The van der Waals surface area contributed by atoms with E-state index in [-0.39, 0.29) is 0 Å². The van der Waals surface area contributed by atoms with Crippen molar-refractivity contribution in [2.24, 2.45) is 7.05 Å². The van der Waals surface area contributed by atoms with Crippen LogP contribution >= 0.6 is 11.8 Å². The lowest BCUT2D eigenvalue weighted by molar-refractivity contribution is 0.209. The van der Waals surface area contributed by atoms with E-state index in [0.29, 0.717) is 5.69 Å². The van der Waals surface area contributed by atoms with Gasteiger partial charge in [-0.25, -0.2) is 4.79 Å². The second-order valence-corrected chi connectivity index (χ2v) is 2.92. The molecule has 0 atom stereocenters. The molecule has 1 heterocycles. The summed E-state index contributed by atoms with van der Waals surface area (Å²) in [6.45, 7) is 0. The molecule has 0 radical (unpaired) electrons. The monoisotopic (exact) mass is 187 g/mol. The molecule has 66 valence electrons. The van der Waals surface area contributed by atoms with Gasteiger partial charge in [-0.2, -0.15) is 5.10 Å². The van der Waals surface area contributed by atoms with Gasteiger partial charge in [-0.05, 0) is 6.26 Å². The number of nitrogens with zero attached hydrogens (tertiary/aromatic N) is 2. The molecule has 0 aliphatic carbocycles. The van der Waals surface area contributed by atoms with Gasteiger partial charge in [0.15, 0.2) is 0 Å². The highest BCUT2D eigenvalue weighted by atomic mass is 32.2. The number of aromatic nitrogens is 2. The van der Waals surface area contributed by atoms with E-state index in [2.05, 4.69) is 10.4 Å². The molecular formula is C6H9N3O2S. The molecule has 0 spiro atoms. The van der Waals surface area contributed by atoms with Gasteiger partial charge in [0.05, 0.1) is 11.9 Å². The van der Waals surface area contributed by atoms with E-state index < -0.39 is 6.09 Å². The molecule has 0 saturated heterocycles. The third-order valence-electron chi connectivity index (χ3n) is 1.32. The van der Waals surface area contributed by atoms with Gasteiger partial charge >= 0.3 is 6.09 Å². The lowest BCUT2D eigenvalue weighted by Gasteiger charge is -2.00. The third-order valence-corrected chi connectivity index (χ3v) is 2.19. The molecule has 1 aromatic rings. The number of carboxylic acid groups (broad SMARTS) is 1. The van der Waals surface area contributed by atoms with Crippen LogP contribution in [0.25, 0.3) is 0 Å². The summed E-state index contributed by atoms with van der Waals surface area (Å²) in [4.78, 5) is 10.3. The molecule has 0 saturated carbocycles. The molecule has 0 fully saturated rings. The molecule has 1 rings (SSSR count). The average molecular weight is 187 g/mol. The normalized spacial score (nSPS) is 9.83. The van der Waals surface area contributed by atoms with Crippen LogP contribution in [0.2, 0.25) is 0 Å². The smallest absolute Gasteiger partial charge is 0.409 e. The summed E-state index contributed by atoms with van der Waals surface area (Å²) in [6, 6.07) is 0. The fourth-order valence-electron chi connectivity index (χ4n) is 0.869. The van der Waals surface area contributed by atoms with Crippen LogP contribution in [0.15, 0.2) is 11.2 Å². The zero-order chi connectivity index (χ0) is 9.14. The Morgan fingerprint density at radius 1 is 1.83 bits per heavy atom. The highest BCUT2D eigenvalue weighted by molar-refractivity contribution is 7.98. The Morgan fingerprint density at radius 3 is 3.00 bits per heavy atom. The van der Waals surface area contributed by atoms with Gasteiger partial charge in [-0.3, -0.25) is 10.00 Å². The van der Waals surface area contributed by atoms with Gasteiger partial charge in [0.1, 0.15) is 5.03 Å². The number of nitrogens with one attached hydrogen (secondary N) is 1. The van der Waals surface area contributed by atoms with Gasteiger partial charge in [-0.1, -0.05) is 0 Å². The van der Waals surface area contributed by atoms with Crippen molar-refractivity contribution in [3.63, 3.8) is 0 Å². The summed E-state index contributed by atoms with van der Waals surface area (Å²) in [6.07, 6.45) is 2.28. The van der Waals surface area contributed by atoms with Crippen LogP contribution in [0, 0.1) is 0 Å². The molecule has 0 aliphatic heterocycles. The van der Waals surface area contributed by atoms with Crippen molar-refractivity contribution in [2.45, 2.75) is 5.03 Å². The molecule has 0 aromatic carbocycles. The fraction of sp³-hybridized carbons (Fsp3) is 0.333. The van der Waals surface area contributed by atoms with Crippen LogP contribution in [-0.2, 0) is 7.05 Å². The Bertz CT molecular complexity index is 297. The number of thioether (sulfide) groups is 1. The van der Waals surface area contributed by atoms with Gasteiger partial charge < -0.3 is 5.11 Å². The quantitative estimate of drug-likeness (QED) is 0.683. The maximum absolute atomic E-state index is 10.3. The number of hydrogen-bond donors (Lipinski definition) is 2. The molecule has 6 heteroatoms. The fourth-order valence-corrected chi connectivity index (χ4v) is 1.50. The van der Waals surface area contributed by atoms with E-state index in [0.717, 1.165) is 5.03 Å². The van der Waals surface area contributed by atoms with Crippen LogP contribution in [0.5, 0.6) is 0 Å². The van der Waals surface area contributed by atoms with E-state index in [9.17, 15) is 4.79 Å². The minimum Gasteiger partial charge on any atom is -0.465 e. The molecule has 1 amide bonds. The van der Waals surface area contributed by atoms with Crippen molar-refractivity contribution in [3.05, 3.63) is 6.20 Å². The Kier molecular flexibility index (Phi) is 2.59. The number of hydrogen-bond acceptors (Lipinski definition) is 3. The van der Waals surface area contributed by atoms with Crippen LogP contribution in [-0.4, -0.2) is 27.2 Å². The van der Waals surface area contributed by atoms with E-state index in [1.54, 1.807) is 11.7 Å². The lowest BCUT2D eigenvalue weighted by atomic mass is 10.6. The Morgan fingerprint density at radius 2 is 2.50 bits per heavy atom. The summed E-state index contributed by atoms with van der Waals surface area (Å²) in [7, 11) is 1.76. The summed E-state index contributed by atoms with van der Waals surface area (Å²) in [5.41, 5.74) is 0.525. The average Bonchev–Trinajstić information content (AvgIpc) is 2.30. The molecule has 0 aliphatic rings. The largest absolute Gasteiger partial charge is 0.465 e. The number of amides is 1. The first kappa shape index (κ1) is 8.92. The van der Waals surface area contributed by atoms with E-state index in [1.807, 2.05) is 6.26 Å². The molecule has 5 nitrogen and oxygen atoms in total. The molecular weight excluding hydrogens is 178 g/mol. The first-order valence-electron chi connectivity index (χ1n) is 3.21. The van der Waals surface area contributed by atoms with E-state index in [1.165, 1.54) is 18.0 Å². The Hall–Kier alpha value is -1.17. The topological polar surface area (TPSA) is 67.2 Å². The van der Waals surface area contributed by atoms with Crippen molar-refractivity contribution in [3.8, 4) is 0 Å². The highest BCUT2D eigenvalue weighted by Gasteiger charge is 2.08. The minimum atomic E-state index is -1.07. The van der Waals surface area contributed by atoms with Gasteiger partial charge in [-0.15, -0.1) is 11.8 Å². The maximum atomic E-state index is 10.3. The van der Waals surface area contributed by atoms with Gasteiger partial charge in [0.2, 0.25) is 0 Å². The highest BCUT2D eigenvalue weighted by Crippen LogP contribution is 2.23. The van der Waals surface area contributed by atoms with Gasteiger partial charge in [0.25, 0.3) is 0 Å². The predicted molar refractivity (Wildman–Crippen MR) is 46.6 cm³/mol. The van der Waals surface area contributed by atoms with Crippen molar-refractivity contribution >= 4 is 23.5 Å². The van der Waals surface area contributed by atoms with Crippen LogP contribution in [0.3, 0.4) is 0 Å². The summed E-state index contributed by atoms with van der Waals surface area (Å²) in [5, 5.41) is 15.4. The summed E-state index contributed by atoms with van der Waals surface area (Å²) >= 11 is 1.45. The predicted octanol–water partition coefficient (Wildman–Crippen LogP) is 1.23. The van der Waals surface area contributed by atoms with Crippen LogP contribution in [0.4, 0.5) is 10.5 Å². The summed E-state index contributed by atoms with van der Waals surface area (Å²) in [5.74, 6) is 0. The number of carbonyl (C=O) groups is 1. The number of aryl methyl sites for hydroxylation is 1. The first-order valence-corrected chi connectivity index (χ1v) is 4.43. The van der Waals surface area contributed by atoms with Crippen LogP contribution in [0.1, 0.15) is 0 Å². The van der Waals surface area contributed by atoms with E-state index in [4.69, 9.17) is 5.11 Å². The Balaban J connectivity index is 2.91. The SMILES string of the molecule is CSc1c(NC(=O)O)cnn1C. The molecule has 0 unspecified atom stereocenters. The third kappa shape index (κ3) is 1.70. The first-order chi connectivity index (χ1) is 5.65. The maximum Gasteiger partial charge on any atom is 0.409 e. The zero-order valence-electron chi connectivity index (χ0n) is 6.74. The van der Waals surface area contributed by atoms with Crippen LogP contribution < -0.4 is 5.32 Å². The standard InChI is InChI=1S/C6H9N3O2S/c1-9-5(12-2)4(3-7-9)8-6(10)11/h3,8H,1-2H3,(H,10,11). The Labute approximate surface area is 73.8 Å². The second-order valence-electron chi connectivity index (χ2n) is 2.12. The number of rotatable bonds is 2.